The Morgan fingerprint density at radius 3 is 0.857 bits per heavy atom. The Morgan fingerprint density at radius 2 is 0.582 bits per heavy atom. The van der Waals surface area contributed by atoms with Crippen molar-refractivity contribution in [1.82, 2.24) is 0 Å². The summed E-state index contributed by atoms with van der Waals surface area (Å²) in [5.41, 5.74) is 0.129. The largest absolute Gasteiger partial charge is 0.507 e. The lowest BCUT2D eigenvalue weighted by Gasteiger charge is -2.48. The molecule has 3 aromatic carbocycles. The standard InChI is InChI=1S/C69H120O6.C18H26O5/c1-15-17-19-21-23-25-27-29-31-33-35-37-39-41-43-45-47-68(59-52-56(65(6,7)8)51-58(61(59)71)67(12,13)14,48-46-44-42-40-38-36-34-32-30-28-26-24-22-20-18-16-2)69(62(72)73,63(74)75)53-54-49-55(64(3,4)5)50-57(60(54)70)66(9,10)11;1-17(2,3)12-7-11(10-23-15(21)9-14(19)20)16(22)13(8-12)18(4,5)6/h49-52,70-71H,15-48,53H2,1-14H3,(H,72,73)(H,74,75);7-8,22H,9-10H2,1-6H3,(H,19,20). The number of esters is 1. The van der Waals surface area contributed by atoms with Crippen LogP contribution in [0.2, 0.25) is 0 Å². The molecule has 3 rings (SSSR count). The van der Waals surface area contributed by atoms with Gasteiger partial charge in [0.2, 0.25) is 0 Å². The van der Waals surface area contributed by atoms with Gasteiger partial charge in [-0.2, -0.15) is 0 Å². The van der Waals surface area contributed by atoms with Gasteiger partial charge in [-0.1, -0.05) is 374 Å². The first-order valence-electron chi connectivity index (χ1n) is 39.0. The van der Waals surface area contributed by atoms with Crippen LogP contribution < -0.4 is 0 Å². The number of carbonyl (C=O) groups is 4. The molecule has 560 valence electrons. The molecule has 0 aliphatic carbocycles. The second-order valence-corrected chi connectivity index (χ2v) is 35.6. The molecule has 0 spiro atoms. The molecule has 6 N–H and O–H groups in total. The van der Waals surface area contributed by atoms with Crippen molar-refractivity contribution in [2.75, 3.05) is 0 Å². The minimum absolute atomic E-state index is 0.0124. The Hall–Kier alpha value is -5.06. The highest BCUT2D eigenvalue weighted by Crippen LogP contribution is 2.58. The molecule has 0 aliphatic heterocycles. The van der Waals surface area contributed by atoms with Gasteiger partial charge < -0.3 is 35.4 Å². The molecule has 0 heterocycles. The van der Waals surface area contributed by atoms with Crippen LogP contribution in [0.25, 0.3) is 0 Å². The Kier molecular flexibility index (Phi) is 37.9. The van der Waals surface area contributed by atoms with Gasteiger partial charge in [0.1, 0.15) is 30.3 Å². The summed E-state index contributed by atoms with van der Waals surface area (Å²) in [6, 6.07) is 11.7. The minimum Gasteiger partial charge on any atom is -0.507 e. The van der Waals surface area contributed by atoms with Crippen molar-refractivity contribution in [3.05, 3.63) is 86.5 Å². The van der Waals surface area contributed by atoms with Gasteiger partial charge in [-0.3, -0.25) is 19.2 Å². The van der Waals surface area contributed by atoms with E-state index >= 15 is 0 Å². The zero-order valence-electron chi connectivity index (χ0n) is 66.4. The van der Waals surface area contributed by atoms with E-state index in [1.54, 1.807) is 6.07 Å². The first kappa shape index (κ1) is 89.0. The first-order valence-corrected chi connectivity index (χ1v) is 39.0. The molecule has 98 heavy (non-hydrogen) atoms. The predicted molar refractivity (Wildman–Crippen MR) is 410 cm³/mol. The number of hydrogen-bond acceptors (Lipinski definition) is 8. The third kappa shape index (κ3) is 29.5. The van der Waals surface area contributed by atoms with Crippen LogP contribution in [0.4, 0.5) is 0 Å². The van der Waals surface area contributed by atoms with Gasteiger partial charge in [0.05, 0.1) is 0 Å². The number of phenols is 3. The second-order valence-electron chi connectivity index (χ2n) is 35.6. The summed E-state index contributed by atoms with van der Waals surface area (Å²) in [5.74, 6) is -4.83. The summed E-state index contributed by atoms with van der Waals surface area (Å²) in [5, 5.41) is 68.5. The van der Waals surface area contributed by atoms with E-state index in [1.165, 1.54) is 154 Å². The van der Waals surface area contributed by atoms with E-state index in [1.807, 2.05) is 65.8 Å². The molecule has 11 heteroatoms. The highest BCUT2D eigenvalue weighted by molar-refractivity contribution is 6.01. The number of unbranched alkanes of at least 4 members (excludes halogenated alkanes) is 30. The van der Waals surface area contributed by atoms with E-state index in [2.05, 4.69) is 103 Å². The molecule has 0 saturated carbocycles. The van der Waals surface area contributed by atoms with Gasteiger partial charge in [0.25, 0.3) is 0 Å². The SMILES string of the molecule is CC(C)(C)c1cc(COC(=O)CC(=O)O)c(O)c(C(C)(C)C)c1.CCCCCCCCCCCCCCCCCCC(CCCCCCCCCCCCCCCCCC)(c1cc(C(C)(C)C)cc(C(C)(C)C)c1O)C(Cc1cc(C(C)(C)C)cc(C(C)(C)C)c1O)(C(=O)O)C(=O)O. The lowest BCUT2D eigenvalue weighted by Crippen LogP contribution is -2.58. The number of phenolic OH excluding ortho intramolecular Hbond substituents is 3. The number of aromatic hydroxyl groups is 3. The van der Waals surface area contributed by atoms with Gasteiger partial charge in [-0.05, 0) is 90.3 Å². The maximum atomic E-state index is 14.8. The van der Waals surface area contributed by atoms with Crippen LogP contribution in [0.3, 0.4) is 0 Å². The quantitative estimate of drug-likeness (QED) is 0.0179. The van der Waals surface area contributed by atoms with E-state index in [0.29, 0.717) is 53.5 Å². The summed E-state index contributed by atoms with van der Waals surface area (Å²) in [6.07, 6.45) is 38.0. The van der Waals surface area contributed by atoms with E-state index in [0.717, 1.165) is 60.8 Å². The Labute approximate surface area is 598 Å². The summed E-state index contributed by atoms with van der Waals surface area (Å²) in [7, 11) is 0. The van der Waals surface area contributed by atoms with Crippen LogP contribution in [0.1, 0.15) is 413 Å². The number of rotatable bonds is 44. The van der Waals surface area contributed by atoms with E-state index in [4.69, 9.17) is 9.84 Å². The van der Waals surface area contributed by atoms with Crippen molar-refractivity contribution in [3.63, 3.8) is 0 Å². The molecular weight excluding hydrogens is 1220 g/mol. The lowest BCUT2D eigenvalue weighted by atomic mass is 9.52. The number of hydrogen-bond donors (Lipinski definition) is 6. The third-order valence-electron chi connectivity index (χ3n) is 20.6. The Morgan fingerprint density at radius 1 is 0.327 bits per heavy atom. The number of carbonyl (C=O) groups excluding carboxylic acids is 1. The van der Waals surface area contributed by atoms with Crippen molar-refractivity contribution >= 4 is 23.9 Å². The first-order chi connectivity index (χ1) is 45.5. The third-order valence-corrected chi connectivity index (χ3v) is 20.6. The summed E-state index contributed by atoms with van der Waals surface area (Å²) in [4.78, 5) is 51.6. The number of benzene rings is 3. The molecule has 0 aliphatic rings. The highest BCUT2D eigenvalue weighted by Gasteiger charge is 2.64. The maximum Gasteiger partial charge on any atom is 0.322 e. The van der Waals surface area contributed by atoms with Gasteiger partial charge in [-0.25, -0.2) is 0 Å². The monoisotopic (exact) mass is 1370 g/mol. The fourth-order valence-electron chi connectivity index (χ4n) is 14.1. The molecule has 0 aromatic heterocycles. The predicted octanol–water partition coefficient (Wildman–Crippen LogP) is 24.7. The smallest absolute Gasteiger partial charge is 0.322 e. The lowest BCUT2D eigenvalue weighted by molar-refractivity contribution is -0.172. The molecule has 0 saturated heterocycles. The van der Waals surface area contributed by atoms with Crippen molar-refractivity contribution in [1.29, 1.82) is 0 Å². The zero-order chi connectivity index (χ0) is 74.4. The van der Waals surface area contributed by atoms with Crippen LogP contribution in [0.5, 0.6) is 17.2 Å². The Balaban J connectivity index is 0.00000119. The van der Waals surface area contributed by atoms with Crippen molar-refractivity contribution < 1.29 is 54.6 Å². The van der Waals surface area contributed by atoms with Crippen LogP contribution in [-0.2, 0) is 74.8 Å². The van der Waals surface area contributed by atoms with Gasteiger partial charge in [0.15, 0.2) is 5.41 Å². The molecule has 0 radical (unpaired) electrons. The van der Waals surface area contributed by atoms with Gasteiger partial charge >= 0.3 is 23.9 Å². The molecule has 3 aromatic rings. The topological polar surface area (TPSA) is 199 Å². The zero-order valence-corrected chi connectivity index (χ0v) is 66.4. The normalized spacial score (nSPS) is 12.8. The molecule has 0 amide bonds. The van der Waals surface area contributed by atoms with Crippen LogP contribution in [0.15, 0.2) is 36.4 Å². The molecule has 0 bridgehead atoms. The van der Waals surface area contributed by atoms with Crippen LogP contribution in [0, 0.1) is 5.41 Å². The summed E-state index contributed by atoms with van der Waals surface area (Å²) >= 11 is 0. The average molecular weight is 1370 g/mol. The number of carboxylic acids is 3. The van der Waals surface area contributed by atoms with Crippen molar-refractivity contribution in [3.8, 4) is 17.2 Å². The molecule has 11 nitrogen and oxygen atoms in total. The van der Waals surface area contributed by atoms with E-state index in [9.17, 15) is 44.7 Å². The highest BCUT2D eigenvalue weighted by atomic mass is 16.5. The molecule has 0 fully saturated rings. The molecular formula is C87H146O11. The molecule has 0 atom stereocenters. The fourth-order valence-corrected chi connectivity index (χ4v) is 14.1. The fraction of sp³-hybridized carbons (Fsp3) is 0.747. The summed E-state index contributed by atoms with van der Waals surface area (Å²) < 4.78 is 4.98. The van der Waals surface area contributed by atoms with Crippen molar-refractivity contribution in [2.45, 2.75) is 414 Å². The van der Waals surface area contributed by atoms with E-state index in [-0.39, 0.29) is 45.5 Å². The number of carboxylic acid groups (broad SMARTS) is 3. The maximum absolute atomic E-state index is 14.8. The molecule has 0 unspecified atom stereocenters. The summed E-state index contributed by atoms with van der Waals surface area (Å²) in [6.45, 7) is 41.5. The Bertz CT molecular complexity index is 2800. The van der Waals surface area contributed by atoms with Crippen LogP contribution in [-0.4, -0.2) is 54.5 Å². The number of ether oxygens (including phenoxy) is 1. The van der Waals surface area contributed by atoms with Crippen molar-refractivity contribution in [2.24, 2.45) is 5.41 Å². The average Bonchev–Trinajstić information content (AvgIpc) is 0.711. The van der Waals surface area contributed by atoms with Crippen LogP contribution >= 0.6 is 0 Å². The minimum atomic E-state index is -2.44. The number of aliphatic carboxylic acids is 3. The van der Waals surface area contributed by atoms with Gasteiger partial charge in [0, 0.05) is 23.0 Å². The van der Waals surface area contributed by atoms with E-state index < -0.39 is 58.4 Å². The van der Waals surface area contributed by atoms with Gasteiger partial charge in [-0.15, -0.1) is 0 Å². The second kappa shape index (κ2) is 41.8.